The number of nitrogens with two attached hydrogens (primary N) is 1. The highest BCUT2D eigenvalue weighted by molar-refractivity contribution is 5.98. The predicted molar refractivity (Wildman–Crippen MR) is 67.9 cm³/mol. The first-order valence-corrected chi connectivity index (χ1v) is 5.29. The third-order valence-corrected chi connectivity index (χ3v) is 2.56. The Balaban J connectivity index is 2.43. The molecule has 3 N–H and O–H groups in total. The molecule has 0 fully saturated rings. The van der Waals surface area contributed by atoms with Gasteiger partial charge in [-0.1, -0.05) is 6.07 Å². The van der Waals surface area contributed by atoms with Crippen molar-refractivity contribution in [3.63, 3.8) is 0 Å². The lowest BCUT2D eigenvalue weighted by Gasteiger charge is -1.99. The van der Waals surface area contributed by atoms with Crippen LogP contribution in [-0.2, 0) is 9.53 Å². The van der Waals surface area contributed by atoms with Gasteiger partial charge >= 0.3 is 5.97 Å². The number of ether oxygens (including phenoxy) is 1. The van der Waals surface area contributed by atoms with E-state index in [4.69, 9.17) is 5.73 Å². The number of nitrogens with one attached hydrogen (secondary N) is 1. The summed E-state index contributed by atoms with van der Waals surface area (Å²) in [4.78, 5) is 25.1. The molecule has 18 heavy (non-hydrogen) atoms. The van der Waals surface area contributed by atoms with Gasteiger partial charge < -0.3 is 15.5 Å². The summed E-state index contributed by atoms with van der Waals surface area (Å²) in [6, 6.07) is 5.16. The molecule has 92 valence electrons. The maximum absolute atomic E-state index is 11.4. The Morgan fingerprint density at radius 1 is 1.39 bits per heavy atom. The molecule has 0 unspecified atom stereocenters. The van der Waals surface area contributed by atoms with Gasteiger partial charge in [0.2, 0.25) is 5.91 Å². The third kappa shape index (κ3) is 2.24. The van der Waals surface area contributed by atoms with E-state index in [1.54, 1.807) is 30.5 Å². The van der Waals surface area contributed by atoms with E-state index in [-0.39, 0.29) is 5.97 Å². The van der Waals surface area contributed by atoms with Gasteiger partial charge in [0.15, 0.2) is 0 Å². The fourth-order valence-electron chi connectivity index (χ4n) is 1.70. The SMILES string of the molecule is COC(=O)c1ccc2c(C=CC(N)=O)c[nH]c2c1. The van der Waals surface area contributed by atoms with Crippen LogP contribution < -0.4 is 5.73 Å². The Labute approximate surface area is 103 Å². The Morgan fingerprint density at radius 2 is 2.17 bits per heavy atom. The smallest absolute Gasteiger partial charge is 0.337 e. The summed E-state index contributed by atoms with van der Waals surface area (Å²) in [5.74, 6) is -0.892. The van der Waals surface area contributed by atoms with Crippen molar-refractivity contribution in [2.45, 2.75) is 0 Å². The third-order valence-electron chi connectivity index (χ3n) is 2.56. The molecule has 5 nitrogen and oxygen atoms in total. The molecule has 1 amide bonds. The molecule has 0 saturated carbocycles. The number of hydrogen-bond donors (Lipinski definition) is 2. The number of rotatable bonds is 3. The molecular weight excluding hydrogens is 232 g/mol. The topological polar surface area (TPSA) is 85.2 Å². The first-order valence-electron chi connectivity index (χ1n) is 5.29. The second kappa shape index (κ2) is 4.75. The minimum absolute atomic E-state index is 0.388. The molecule has 0 aliphatic heterocycles. The normalized spacial score (nSPS) is 10.9. The fraction of sp³-hybridized carbons (Fsp3) is 0.0769. The van der Waals surface area contributed by atoms with Gasteiger partial charge in [-0.2, -0.15) is 0 Å². The molecule has 0 aliphatic carbocycles. The second-order valence-corrected chi connectivity index (χ2v) is 3.73. The van der Waals surface area contributed by atoms with Gasteiger partial charge in [0.25, 0.3) is 0 Å². The van der Waals surface area contributed by atoms with Crippen molar-refractivity contribution in [3.05, 3.63) is 41.6 Å². The van der Waals surface area contributed by atoms with Gasteiger partial charge in [-0.3, -0.25) is 4.79 Å². The number of amides is 1. The highest BCUT2D eigenvalue weighted by Crippen LogP contribution is 2.21. The van der Waals surface area contributed by atoms with E-state index in [2.05, 4.69) is 9.72 Å². The highest BCUT2D eigenvalue weighted by Gasteiger charge is 2.08. The van der Waals surface area contributed by atoms with Crippen LogP contribution in [-0.4, -0.2) is 24.0 Å². The van der Waals surface area contributed by atoms with E-state index in [1.807, 2.05) is 0 Å². The van der Waals surface area contributed by atoms with Crippen LogP contribution in [0.5, 0.6) is 0 Å². The van der Waals surface area contributed by atoms with Crippen LogP contribution in [0.2, 0.25) is 0 Å². The van der Waals surface area contributed by atoms with E-state index in [9.17, 15) is 9.59 Å². The lowest BCUT2D eigenvalue weighted by Crippen LogP contribution is -2.04. The number of methoxy groups -OCH3 is 1. The Kier molecular flexibility index (Phi) is 3.14. The maximum Gasteiger partial charge on any atom is 0.337 e. The van der Waals surface area contributed by atoms with Crippen LogP contribution in [0.25, 0.3) is 17.0 Å². The average molecular weight is 244 g/mol. The molecule has 2 aromatic rings. The number of esters is 1. The van der Waals surface area contributed by atoms with Crippen molar-refractivity contribution in [1.29, 1.82) is 0 Å². The maximum atomic E-state index is 11.4. The summed E-state index contributed by atoms with van der Waals surface area (Å²) < 4.78 is 4.64. The van der Waals surface area contributed by atoms with Crippen molar-refractivity contribution >= 4 is 28.9 Å². The Morgan fingerprint density at radius 3 is 2.83 bits per heavy atom. The number of carbonyl (C=O) groups excluding carboxylic acids is 2. The number of benzene rings is 1. The summed E-state index contributed by atoms with van der Waals surface area (Å²) >= 11 is 0. The minimum Gasteiger partial charge on any atom is -0.465 e. The molecular formula is C13H12N2O3. The minimum atomic E-state index is -0.504. The number of primary amides is 1. The molecule has 0 aliphatic rings. The molecule has 0 spiro atoms. The first kappa shape index (κ1) is 11.9. The van der Waals surface area contributed by atoms with Gasteiger partial charge in [-0.15, -0.1) is 0 Å². The van der Waals surface area contributed by atoms with Crippen LogP contribution in [0.3, 0.4) is 0 Å². The lowest BCUT2D eigenvalue weighted by molar-refractivity contribution is -0.113. The van der Waals surface area contributed by atoms with Crippen LogP contribution in [0.4, 0.5) is 0 Å². The number of aromatic nitrogens is 1. The summed E-state index contributed by atoms with van der Waals surface area (Å²) in [5.41, 5.74) is 7.13. The second-order valence-electron chi connectivity index (χ2n) is 3.73. The molecule has 0 atom stereocenters. The zero-order chi connectivity index (χ0) is 13.1. The number of carbonyl (C=O) groups is 2. The Hall–Kier alpha value is -2.56. The fourth-order valence-corrected chi connectivity index (χ4v) is 1.70. The van der Waals surface area contributed by atoms with E-state index in [0.717, 1.165) is 16.5 Å². The van der Waals surface area contributed by atoms with Crippen molar-refractivity contribution in [2.24, 2.45) is 5.73 Å². The van der Waals surface area contributed by atoms with E-state index >= 15 is 0 Å². The molecule has 0 bridgehead atoms. The highest BCUT2D eigenvalue weighted by atomic mass is 16.5. The largest absolute Gasteiger partial charge is 0.465 e. The summed E-state index contributed by atoms with van der Waals surface area (Å²) in [6.07, 6.45) is 4.65. The zero-order valence-electron chi connectivity index (χ0n) is 9.77. The van der Waals surface area contributed by atoms with Gasteiger partial charge in [0.1, 0.15) is 0 Å². The number of aromatic amines is 1. The molecule has 5 heteroatoms. The van der Waals surface area contributed by atoms with Crippen LogP contribution in [0.15, 0.2) is 30.5 Å². The van der Waals surface area contributed by atoms with Gasteiger partial charge in [0.05, 0.1) is 12.7 Å². The van der Waals surface area contributed by atoms with Crippen LogP contribution >= 0.6 is 0 Å². The van der Waals surface area contributed by atoms with Crippen LogP contribution in [0.1, 0.15) is 15.9 Å². The lowest BCUT2D eigenvalue weighted by atomic mass is 10.1. The van der Waals surface area contributed by atoms with E-state index < -0.39 is 5.91 Å². The molecule has 1 aromatic carbocycles. The molecule has 0 radical (unpaired) electrons. The summed E-state index contributed by atoms with van der Waals surface area (Å²) in [7, 11) is 1.34. The molecule has 1 heterocycles. The van der Waals surface area contributed by atoms with Gasteiger partial charge in [0, 0.05) is 23.2 Å². The summed E-state index contributed by atoms with van der Waals surface area (Å²) in [6.45, 7) is 0. The monoisotopic (exact) mass is 244 g/mol. The molecule has 1 aromatic heterocycles. The predicted octanol–water partition coefficient (Wildman–Crippen LogP) is 1.45. The van der Waals surface area contributed by atoms with Gasteiger partial charge in [-0.05, 0) is 23.8 Å². The molecule has 2 rings (SSSR count). The molecule has 0 saturated heterocycles. The van der Waals surface area contributed by atoms with Crippen LogP contribution in [0, 0.1) is 0 Å². The van der Waals surface area contributed by atoms with E-state index in [0.29, 0.717) is 5.56 Å². The summed E-state index contributed by atoms with van der Waals surface area (Å²) in [5, 5.41) is 0.903. The average Bonchev–Trinajstić information content (AvgIpc) is 2.77. The number of hydrogen-bond acceptors (Lipinski definition) is 3. The standard InChI is InChI=1S/C13H12N2O3/c1-18-13(17)8-2-4-10-9(3-5-12(14)16)7-15-11(10)6-8/h2-7,15H,1H3,(H2,14,16). The van der Waals surface area contributed by atoms with E-state index in [1.165, 1.54) is 13.2 Å². The quantitative estimate of drug-likeness (QED) is 0.633. The Bertz CT molecular complexity index is 641. The van der Waals surface area contributed by atoms with Gasteiger partial charge in [-0.25, -0.2) is 4.79 Å². The van der Waals surface area contributed by atoms with Crippen molar-refractivity contribution < 1.29 is 14.3 Å². The van der Waals surface area contributed by atoms with Crippen molar-refractivity contribution in [2.75, 3.05) is 7.11 Å². The van der Waals surface area contributed by atoms with Crippen molar-refractivity contribution in [3.8, 4) is 0 Å². The number of fused-ring (bicyclic) bond motifs is 1. The zero-order valence-corrected chi connectivity index (χ0v) is 9.77. The number of H-pyrrole nitrogens is 1. The first-order chi connectivity index (χ1) is 8.61. The van der Waals surface area contributed by atoms with Crippen molar-refractivity contribution in [1.82, 2.24) is 4.98 Å².